The van der Waals surface area contributed by atoms with Crippen molar-refractivity contribution in [1.29, 1.82) is 5.41 Å². The topological polar surface area (TPSA) is 77.2 Å². The van der Waals surface area contributed by atoms with Gasteiger partial charge in [0.25, 0.3) is 0 Å². The second-order valence-corrected chi connectivity index (χ2v) is 9.84. The first-order valence-corrected chi connectivity index (χ1v) is 12.7. The summed E-state index contributed by atoms with van der Waals surface area (Å²) < 4.78 is 1.75. The van der Waals surface area contributed by atoms with Crippen molar-refractivity contribution in [2.24, 2.45) is 0 Å². The van der Waals surface area contributed by atoms with E-state index in [9.17, 15) is 4.79 Å². The summed E-state index contributed by atoms with van der Waals surface area (Å²) in [5, 5.41) is 17.2. The number of likely N-dealkylation sites (N-methyl/N-ethyl adjacent to an activating group) is 2. The number of nitrogens with zero attached hydrogens (tertiary/aromatic N) is 4. The SMILES string of the molecule is C=CNc1c(C(C)=N)c(-c2ccc(Cl)cc2)nn1-c1ccc(C)c(N(C)C(=O)/C=C/CN(C)C2CC2)c1. The van der Waals surface area contributed by atoms with Crippen molar-refractivity contribution in [2.75, 3.05) is 30.9 Å². The molecule has 0 radical (unpaired) electrons. The number of rotatable bonds is 10. The van der Waals surface area contributed by atoms with Gasteiger partial charge in [0.1, 0.15) is 11.5 Å². The first-order chi connectivity index (χ1) is 17.7. The van der Waals surface area contributed by atoms with Crippen molar-refractivity contribution in [3.05, 3.63) is 83.5 Å². The number of amides is 1. The zero-order valence-corrected chi connectivity index (χ0v) is 22.5. The number of halogens is 1. The van der Waals surface area contributed by atoms with E-state index in [1.54, 1.807) is 48.0 Å². The summed E-state index contributed by atoms with van der Waals surface area (Å²) >= 11 is 6.10. The van der Waals surface area contributed by atoms with Gasteiger partial charge in [-0.25, -0.2) is 4.68 Å². The lowest BCUT2D eigenvalue weighted by atomic mass is 10.0. The predicted octanol–water partition coefficient (Wildman–Crippen LogP) is 6.06. The van der Waals surface area contributed by atoms with Crippen LogP contribution in [0.15, 0.2) is 67.4 Å². The maximum atomic E-state index is 13.0. The van der Waals surface area contributed by atoms with Gasteiger partial charge in [0, 0.05) is 47.7 Å². The first kappa shape index (κ1) is 26.4. The maximum Gasteiger partial charge on any atom is 0.250 e. The Labute approximate surface area is 223 Å². The molecule has 1 amide bonds. The Kier molecular flexibility index (Phi) is 7.95. The van der Waals surface area contributed by atoms with Crippen LogP contribution in [0.3, 0.4) is 0 Å². The summed E-state index contributed by atoms with van der Waals surface area (Å²) in [5.41, 5.74) is 5.03. The van der Waals surface area contributed by atoms with Crippen molar-refractivity contribution in [2.45, 2.75) is 32.7 Å². The van der Waals surface area contributed by atoms with E-state index in [1.807, 2.05) is 43.3 Å². The molecule has 1 saturated carbocycles. The van der Waals surface area contributed by atoms with Gasteiger partial charge in [0.15, 0.2) is 0 Å². The van der Waals surface area contributed by atoms with Crippen LogP contribution in [0.25, 0.3) is 16.9 Å². The lowest BCUT2D eigenvalue weighted by Crippen LogP contribution is -2.26. The minimum Gasteiger partial charge on any atom is -0.347 e. The van der Waals surface area contributed by atoms with Gasteiger partial charge in [-0.15, -0.1) is 0 Å². The van der Waals surface area contributed by atoms with Crippen LogP contribution in [0.4, 0.5) is 11.5 Å². The van der Waals surface area contributed by atoms with Gasteiger partial charge in [0.2, 0.25) is 5.91 Å². The van der Waals surface area contributed by atoms with Gasteiger partial charge >= 0.3 is 0 Å². The zero-order valence-electron chi connectivity index (χ0n) is 21.8. The number of aromatic nitrogens is 2. The third-order valence-corrected chi connectivity index (χ3v) is 6.82. The molecule has 0 bridgehead atoms. The Morgan fingerprint density at radius 1 is 1.24 bits per heavy atom. The number of nitrogens with one attached hydrogen (secondary N) is 2. The highest BCUT2D eigenvalue weighted by molar-refractivity contribution is 6.30. The average Bonchev–Trinajstić information content (AvgIpc) is 3.66. The van der Waals surface area contributed by atoms with E-state index in [0.29, 0.717) is 33.9 Å². The average molecular weight is 517 g/mol. The number of hydrogen-bond acceptors (Lipinski definition) is 5. The van der Waals surface area contributed by atoms with E-state index in [1.165, 1.54) is 12.8 Å². The van der Waals surface area contributed by atoms with Crippen LogP contribution >= 0.6 is 11.6 Å². The normalized spacial score (nSPS) is 13.2. The smallest absolute Gasteiger partial charge is 0.250 e. The van der Waals surface area contributed by atoms with Crippen molar-refractivity contribution in [3.63, 3.8) is 0 Å². The number of hydrogen-bond donors (Lipinski definition) is 2. The third-order valence-electron chi connectivity index (χ3n) is 6.57. The summed E-state index contributed by atoms with van der Waals surface area (Å²) in [6.07, 6.45) is 7.60. The summed E-state index contributed by atoms with van der Waals surface area (Å²) in [6.45, 7) is 8.28. The molecule has 192 valence electrons. The van der Waals surface area contributed by atoms with E-state index in [-0.39, 0.29) is 5.91 Å². The van der Waals surface area contributed by atoms with Crippen LogP contribution in [0.1, 0.15) is 30.9 Å². The molecule has 0 spiro atoms. The molecule has 0 aliphatic heterocycles. The molecule has 1 heterocycles. The van der Waals surface area contributed by atoms with Gasteiger partial charge in [-0.05, 0) is 69.8 Å². The van der Waals surface area contributed by atoms with Gasteiger partial charge in [0.05, 0.1) is 11.3 Å². The molecular weight excluding hydrogens is 484 g/mol. The molecule has 0 saturated heterocycles. The monoisotopic (exact) mass is 516 g/mol. The van der Waals surface area contributed by atoms with Crippen molar-refractivity contribution >= 4 is 34.7 Å². The highest BCUT2D eigenvalue weighted by Gasteiger charge is 2.25. The molecule has 4 rings (SSSR count). The molecule has 1 aliphatic rings. The number of benzene rings is 2. The van der Waals surface area contributed by atoms with Crippen LogP contribution in [-0.4, -0.2) is 53.0 Å². The van der Waals surface area contributed by atoms with Gasteiger partial charge in [-0.1, -0.05) is 42.5 Å². The molecule has 7 nitrogen and oxygen atoms in total. The van der Waals surface area contributed by atoms with Gasteiger partial charge < -0.3 is 15.6 Å². The zero-order chi connectivity index (χ0) is 26.7. The van der Waals surface area contributed by atoms with Crippen LogP contribution in [0.2, 0.25) is 5.02 Å². The molecule has 0 unspecified atom stereocenters. The largest absolute Gasteiger partial charge is 0.347 e. The van der Waals surface area contributed by atoms with E-state index in [4.69, 9.17) is 22.1 Å². The highest BCUT2D eigenvalue weighted by atomic mass is 35.5. The van der Waals surface area contributed by atoms with Crippen LogP contribution in [0.5, 0.6) is 0 Å². The first-order valence-electron chi connectivity index (χ1n) is 12.3. The van der Waals surface area contributed by atoms with Crippen molar-refractivity contribution < 1.29 is 4.79 Å². The lowest BCUT2D eigenvalue weighted by Gasteiger charge is -2.20. The van der Waals surface area contributed by atoms with Gasteiger partial charge in [-0.2, -0.15) is 5.10 Å². The van der Waals surface area contributed by atoms with Crippen molar-refractivity contribution in [3.8, 4) is 16.9 Å². The lowest BCUT2D eigenvalue weighted by molar-refractivity contribution is -0.113. The molecule has 37 heavy (non-hydrogen) atoms. The summed E-state index contributed by atoms with van der Waals surface area (Å²) in [5.74, 6) is 0.534. The molecule has 1 aromatic heterocycles. The van der Waals surface area contributed by atoms with Crippen LogP contribution in [-0.2, 0) is 4.79 Å². The summed E-state index contributed by atoms with van der Waals surface area (Å²) in [4.78, 5) is 16.9. The molecule has 0 atom stereocenters. The third kappa shape index (κ3) is 5.84. The van der Waals surface area contributed by atoms with Crippen LogP contribution < -0.4 is 10.2 Å². The molecule has 1 aliphatic carbocycles. The Bertz CT molecular complexity index is 1350. The molecule has 2 aromatic carbocycles. The van der Waals surface area contributed by atoms with E-state index in [0.717, 1.165) is 29.0 Å². The van der Waals surface area contributed by atoms with Gasteiger partial charge in [-0.3, -0.25) is 9.69 Å². The quantitative estimate of drug-likeness (QED) is 0.254. The molecule has 3 aromatic rings. The van der Waals surface area contributed by atoms with Crippen molar-refractivity contribution in [1.82, 2.24) is 14.7 Å². The van der Waals surface area contributed by atoms with E-state index < -0.39 is 0 Å². The Morgan fingerprint density at radius 2 is 1.95 bits per heavy atom. The number of carbonyl (C=O) groups is 1. The van der Waals surface area contributed by atoms with E-state index in [2.05, 4.69) is 23.8 Å². The number of carbonyl (C=O) groups excluding carboxylic acids is 1. The minimum atomic E-state index is -0.0905. The summed E-state index contributed by atoms with van der Waals surface area (Å²) in [7, 11) is 3.87. The molecular formula is C29H33ClN6O. The Morgan fingerprint density at radius 3 is 2.57 bits per heavy atom. The number of anilines is 2. The fourth-order valence-corrected chi connectivity index (χ4v) is 4.43. The fraction of sp³-hybridized carbons (Fsp3) is 0.276. The molecule has 2 N–H and O–H groups in total. The highest BCUT2D eigenvalue weighted by Crippen LogP contribution is 2.34. The second-order valence-electron chi connectivity index (χ2n) is 9.41. The predicted molar refractivity (Wildman–Crippen MR) is 153 cm³/mol. The number of aryl methyl sites for hydroxylation is 1. The second kappa shape index (κ2) is 11.2. The molecule has 1 fully saturated rings. The minimum absolute atomic E-state index is 0.0905. The Hall–Kier alpha value is -3.68. The standard InChI is InChI=1S/C29H33ClN6O/c1-6-32-29-27(20(3)31)28(21-10-12-22(30)13-11-21)33-36(29)24-14-9-19(2)25(18-24)35(5)26(37)8-7-17-34(4)23-15-16-23/h6-14,18,23,31-32H,1,15-17H2,2-5H3/b8-7+,31-20?. The van der Waals surface area contributed by atoms with E-state index >= 15 is 0 Å². The fourth-order valence-electron chi connectivity index (χ4n) is 4.31. The summed E-state index contributed by atoms with van der Waals surface area (Å²) in [6, 6.07) is 13.9. The van der Waals surface area contributed by atoms with Crippen LogP contribution in [0, 0.1) is 12.3 Å². The molecule has 8 heteroatoms. The maximum absolute atomic E-state index is 13.0. The Balaban J connectivity index is 1.71.